The highest BCUT2D eigenvalue weighted by atomic mass is 15.0. The normalized spacial score (nSPS) is 9.27. The Bertz CT molecular complexity index is 46.8. The molecule has 0 aliphatic rings. The van der Waals surface area contributed by atoms with Crippen molar-refractivity contribution in [3.63, 3.8) is 0 Å². The molecule has 0 aliphatic heterocycles. The Labute approximate surface area is 71.8 Å². The Balaban J connectivity index is 0. The number of nitrogens with zero attached hydrogens (tertiary/aromatic N) is 1. The van der Waals surface area contributed by atoms with Crippen molar-refractivity contribution in [2.45, 2.75) is 32.6 Å². The van der Waals surface area contributed by atoms with Crippen molar-refractivity contribution in [3.05, 3.63) is 0 Å². The Morgan fingerprint density at radius 3 is 1.73 bits per heavy atom. The van der Waals surface area contributed by atoms with Gasteiger partial charge in [-0.3, -0.25) is 0 Å². The van der Waals surface area contributed by atoms with Crippen LogP contribution in [0.4, 0.5) is 0 Å². The maximum Gasteiger partial charge on any atom is -0.00773 e. The number of hydrogen-bond donors (Lipinski definition) is 1. The first-order chi connectivity index (χ1) is 5.15. The van der Waals surface area contributed by atoms with Crippen molar-refractivity contribution in [1.29, 1.82) is 0 Å². The summed E-state index contributed by atoms with van der Waals surface area (Å²) >= 11 is 0. The zero-order valence-corrected chi connectivity index (χ0v) is 8.56. The molecule has 0 aromatic heterocycles. The van der Waals surface area contributed by atoms with Gasteiger partial charge >= 0.3 is 0 Å². The van der Waals surface area contributed by atoms with Crippen LogP contribution in [-0.4, -0.2) is 32.6 Å². The molecule has 0 fully saturated rings. The molecule has 0 amide bonds. The summed E-state index contributed by atoms with van der Waals surface area (Å²) in [4.78, 5) is 2.00. The minimum atomic E-state index is 0.861. The SMILES string of the molecule is CCCCCCN.CN(C)C. The molecule has 11 heavy (non-hydrogen) atoms. The third kappa shape index (κ3) is 40.5. The monoisotopic (exact) mass is 160 g/mol. The van der Waals surface area contributed by atoms with E-state index in [4.69, 9.17) is 5.73 Å². The molecule has 0 aliphatic carbocycles. The zero-order valence-electron chi connectivity index (χ0n) is 8.56. The van der Waals surface area contributed by atoms with Gasteiger partial charge in [0, 0.05) is 0 Å². The van der Waals surface area contributed by atoms with Gasteiger partial charge in [0.1, 0.15) is 0 Å². The fourth-order valence-corrected chi connectivity index (χ4v) is 0.571. The van der Waals surface area contributed by atoms with Crippen LogP contribution in [-0.2, 0) is 0 Å². The van der Waals surface area contributed by atoms with Gasteiger partial charge in [-0.25, -0.2) is 0 Å². The number of rotatable bonds is 4. The fraction of sp³-hybridized carbons (Fsp3) is 1.00. The van der Waals surface area contributed by atoms with Gasteiger partial charge in [-0.2, -0.15) is 0 Å². The molecule has 0 radical (unpaired) electrons. The Hall–Kier alpha value is -0.0800. The van der Waals surface area contributed by atoms with Gasteiger partial charge in [-0.15, -0.1) is 0 Å². The fourth-order valence-electron chi connectivity index (χ4n) is 0.571. The van der Waals surface area contributed by atoms with Crippen LogP contribution in [0.25, 0.3) is 0 Å². The van der Waals surface area contributed by atoms with E-state index in [1.807, 2.05) is 26.0 Å². The molecule has 0 saturated carbocycles. The first-order valence-electron chi connectivity index (χ1n) is 4.46. The van der Waals surface area contributed by atoms with E-state index in [1.165, 1.54) is 25.7 Å². The molecule has 0 aromatic carbocycles. The molecule has 0 bridgehead atoms. The molecule has 70 valence electrons. The van der Waals surface area contributed by atoms with Crippen molar-refractivity contribution in [1.82, 2.24) is 4.90 Å². The summed E-state index contributed by atoms with van der Waals surface area (Å²) in [6, 6.07) is 0. The molecule has 0 rings (SSSR count). The van der Waals surface area contributed by atoms with Crippen molar-refractivity contribution in [2.24, 2.45) is 5.73 Å². The molecule has 0 atom stereocenters. The Morgan fingerprint density at radius 1 is 1.00 bits per heavy atom. The Kier molecular flexibility index (Phi) is 15.4. The highest BCUT2D eigenvalue weighted by molar-refractivity contribution is 4.38. The zero-order chi connectivity index (χ0) is 9.11. The number of hydrogen-bond acceptors (Lipinski definition) is 2. The number of nitrogens with two attached hydrogens (primary N) is 1. The van der Waals surface area contributed by atoms with E-state index in [2.05, 4.69) is 6.92 Å². The maximum absolute atomic E-state index is 5.27. The smallest absolute Gasteiger partial charge is 0.00773 e. The van der Waals surface area contributed by atoms with E-state index in [1.54, 1.807) is 0 Å². The topological polar surface area (TPSA) is 29.3 Å². The highest BCUT2D eigenvalue weighted by Crippen LogP contribution is 1.95. The van der Waals surface area contributed by atoms with E-state index < -0.39 is 0 Å². The molecule has 0 spiro atoms. The molecule has 0 heterocycles. The van der Waals surface area contributed by atoms with E-state index in [9.17, 15) is 0 Å². The van der Waals surface area contributed by atoms with E-state index in [-0.39, 0.29) is 0 Å². The summed E-state index contributed by atoms with van der Waals surface area (Å²) in [5.74, 6) is 0. The van der Waals surface area contributed by atoms with Gasteiger partial charge in [-0.1, -0.05) is 26.2 Å². The van der Waals surface area contributed by atoms with Gasteiger partial charge in [-0.05, 0) is 34.1 Å². The van der Waals surface area contributed by atoms with E-state index in [0.717, 1.165) is 6.54 Å². The third-order valence-electron chi connectivity index (χ3n) is 1.06. The van der Waals surface area contributed by atoms with Crippen molar-refractivity contribution < 1.29 is 0 Å². The predicted molar refractivity (Wildman–Crippen MR) is 52.8 cm³/mol. The second-order valence-corrected chi connectivity index (χ2v) is 3.19. The van der Waals surface area contributed by atoms with Crippen LogP contribution in [0.3, 0.4) is 0 Å². The first-order valence-corrected chi connectivity index (χ1v) is 4.46. The van der Waals surface area contributed by atoms with Crippen LogP contribution in [0.1, 0.15) is 32.6 Å². The minimum Gasteiger partial charge on any atom is -0.330 e. The van der Waals surface area contributed by atoms with Gasteiger partial charge in [0.05, 0.1) is 0 Å². The molecular weight excluding hydrogens is 136 g/mol. The molecule has 2 N–H and O–H groups in total. The second kappa shape index (κ2) is 12.6. The van der Waals surface area contributed by atoms with Crippen LogP contribution < -0.4 is 5.73 Å². The summed E-state index contributed by atoms with van der Waals surface area (Å²) in [5, 5.41) is 0. The molecule has 0 unspecified atom stereocenters. The van der Waals surface area contributed by atoms with Crippen LogP contribution in [0.15, 0.2) is 0 Å². The molecule has 2 nitrogen and oxygen atoms in total. The van der Waals surface area contributed by atoms with Gasteiger partial charge in [0.2, 0.25) is 0 Å². The van der Waals surface area contributed by atoms with Gasteiger partial charge in [0.15, 0.2) is 0 Å². The summed E-state index contributed by atoms with van der Waals surface area (Å²) < 4.78 is 0. The minimum absolute atomic E-state index is 0.861. The summed E-state index contributed by atoms with van der Waals surface area (Å²) in [7, 11) is 6.00. The lowest BCUT2D eigenvalue weighted by molar-refractivity contribution is 0.505. The maximum atomic E-state index is 5.27. The molecule has 2 heteroatoms. The summed E-state index contributed by atoms with van der Waals surface area (Å²) in [6.45, 7) is 3.07. The van der Waals surface area contributed by atoms with Crippen LogP contribution >= 0.6 is 0 Å². The molecule has 0 saturated heterocycles. The van der Waals surface area contributed by atoms with Gasteiger partial charge in [0.25, 0.3) is 0 Å². The lowest BCUT2D eigenvalue weighted by Gasteiger charge is -1.90. The van der Waals surface area contributed by atoms with Crippen LogP contribution in [0, 0.1) is 0 Å². The largest absolute Gasteiger partial charge is 0.330 e. The van der Waals surface area contributed by atoms with Crippen LogP contribution in [0.5, 0.6) is 0 Å². The lowest BCUT2D eigenvalue weighted by atomic mass is 10.2. The second-order valence-electron chi connectivity index (χ2n) is 3.19. The Morgan fingerprint density at radius 2 is 1.45 bits per heavy atom. The quantitative estimate of drug-likeness (QED) is 0.634. The van der Waals surface area contributed by atoms with Crippen molar-refractivity contribution >= 4 is 0 Å². The highest BCUT2D eigenvalue weighted by Gasteiger charge is 1.80. The number of unbranched alkanes of at least 4 members (excludes halogenated alkanes) is 3. The standard InChI is InChI=1S/C6H15N.C3H9N/c1-2-3-4-5-6-7;1-4(2)3/h2-7H2,1H3;1-3H3. The first kappa shape index (κ1) is 13.5. The average molecular weight is 160 g/mol. The summed E-state index contributed by atoms with van der Waals surface area (Å²) in [5.41, 5.74) is 5.27. The summed E-state index contributed by atoms with van der Waals surface area (Å²) in [6.07, 6.45) is 5.16. The van der Waals surface area contributed by atoms with Crippen molar-refractivity contribution in [2.75, 3.05) is 27.7 Å². The molecular formula is C9H24N2. The van der Waals surface area contributed by atoms with E-state index >= 15 is 0 Å². The molecule has 0 aromatic rings. The average Bonchev–Trinajstić information content (AvgIpc) is 1.88. The van der Waals surface area contributed by atoms with Gasteiger partial charge < -0.3 is 10.6 Å². The predicted octanol–water partition coefficient (Wildman–Crippen LogP) is 1.70. The third-order valence-corrected chi connectivity index (χ3v) is 1.06. The van der Waals surface area contributed by atoms with E-state index in [0.29, 0.717) is 0 Å². The van der Waals surface area contributed by atoms with Crippen molar-refractivity contribution in [3.8, 4) is 0 Å². The van der Waals surface area contributed by atoms with Crippen LogP contribution in [0.2, 0.25) is 0 Å². The lowest BCUT2D eigenvalue weighted by Crippen LogP contribution is -1.99.